The van der Waals surface area contributed by atoms with Crippen molar-refractivity contribution in [3.05, 3.63) is 57.8 Å². The van der Waals surface area contributed by atoms with Crippen LogP contribution < -0.4 is 5.32 Å². The van der Waals surface area contributed by atoms with Crippen molar-refractivity contribution in [2.75, 3.05) is 26.2 Å². The van der Waals surface area contributed by atoms with Crippen molar-refractivity contribution in [1.29, 1.82) is 0 Å². The highest BCUT2D eigenvalue weighted by Gasteiger charge is 2.20. The van der Waals surface area contributed by atoms with Crippen LogP contribution in [0.4, 0.5) is 0 Å². The van der Waals surface area contributed by atoms with E-state index in [1.807, 2.05) is 41.7 Å². The molecule has 5 heteroatoms. The van der Waals surface area contributed by atoms with Crippen molar-refractivity contribution in [1.82, 2.24) is 10.2 Å². The van der Waals surface area contributed by atoms with E-state index in [1.54, 1.807) is 0 Å². The fourth-order valence-electron chi connectivity index (χ4n) is 3.40. The highest BCUT2D eigenvalue weighted by Crippen LogP contribution is 2.21. The van der Waals surface area contributed by atoms with E-state index in [0.717, 1.165) is 31.7 Å². The summed E-state index contributed by atoms with van der Waals surface area (Å²) in [4.78, 5) is 17.3. The van der Waals surface area contributed by atoms with Gasteiger partial charge in [0.1, 0.15) is 6.61 Å². The predicted molar refractivity (Wildman–Crippen MR) is 106 cm³/mol. The molecule has 0 aliphatic carbocycles. The lowest BCUT2D eigenvalue weighted by molar-refractivity contribution is -0.126. The highest BCUT2D eigenvalue weighted by atomic mass is 32.1. The second-order valence-corrected chi connectivity index (χ2v) is 8.41. The average molecular weight is 373 g/mol. The second kappa shape index (κ2) is 9.86. The molecule has 1 aromatic heterocycles. The molecule has 140 valence electrons. The first kappa shape index (κ1) is 19.1. The van der Waals surface area contributed by atoms with Crippen molar-refractivity contribution in [2.45, 2.75) is 32.9 Å². The van der Waals surface area contributed by atoms with Gasteiger partial charge in [0.2, 0.25) is 5.91 Å². The van der Waals surface area contributed by atoms with Gasteiger partial charge in [0.05, 0.1) is 6.61 Å². The lowest BCUT2D eigenvalue weighted by atomic mass is 9.98. The standard InChI is InChI=1S/C21H28N2O2S/c1-17-9-10-20(26-17)14-23-11-5-8-19(13-23)12-22-21(24)16-25-15-18-6-3-2-4-7-18/h2-4,6-7,9-10,19H,5,8,11-16H2,1H3,(H,22,24). The van der Waals surface area contributed by atoms with Gasteiger partial charge in [0.15, 0.2) is 0 Å². The van der Waals surface area contributed by atoms with Gasteiger partial charge in [-0.3, -0.25) is 9.69 Å². The van der Waals surface area contributed by atoms with Gasteiger partial charge in [-0.1, -0.05) is 30.3 Å². The maximum absolute atomic E-state index is 12.0. The maximum atomic E-state index is 12.0. The number of piperidine rings is 1. The van der Waals surface area contributed by atoms with E-state index in [1.165, 1.54) is 22.6 Å². The third-order valence-electron chi connectivity index (χ3n) is 4.71. The van der Waals surface area contributed by atoms with Crippen LogP contribution in [0.5, 0.6) is 0 Å². The topological polar surface area (TPSA) is 41.6 Å². The molecule has 4 nitrogen and oxygen atoms in total. The average Bonchev–Trinajstić information content (AvgIpc) is 3.06. The number of amides is 1. The van der Waals surface area contributed by atoms with Gasteiger partial charge < -0.3 is 10.1 Å². The predicted octanol–water partition coefficient (Wildman–Crippen LogP) is 3.60. The quantitative estimate of drug-likeness (QED) is 0.770. The fraction of sp³-hybridized carbons (Fsp3) is 0.476. The summed E-state index contributed by atoms with van der Waals surface area (Å²) in [5.74, 6) is 0.509. The van der Waals surface area contributed by atoms with Crippen LogP contribution in [0.15, 0.2) is 42.5 Å². The Morgan fingerprint density at radius 3 is 2.88 bits per heavy atom. The molecule has 0 spiro atoms. The molecule has 1 aromatic carbocycles. The minimum absolute atomic E-state index is 0.0214. The second-order valence-electron chi connectivity index (χ2n) is 7.04. The molecule has 1 saturated heterocycles. The molecule has 1 aliphatic heterocycles. The molecule has 1 unspecified atom stereocenters. The maximum Gasteiger partial charge on any atom is 0.246 e. The number of ether oxygens (including phenoxy) is 1. The Kier molecular flexibility index (Phi) is 7.23. The summed E-state index contributed by atoms with van der Waals surface area (Å²) in [6.07, 6.45) is 2.39. The van der Waals surface area contributed by atoms with Gasteiger partial charge in [-0.15, -0.1) is 11.3 Å². The molecule has 3 rings (SSSR count). The number of carbonyl (C=O) groups is 1. The minimum Gasteiger partial charge on any atom is -0.367 e. The normalized spacial score (nSPS) is 18.0. The summed E-state index contributed by atoms with van der Waals surface area (Å²) in [5, 5.41) is 3.04. The Morgan fingerprint density at radius 1 is 1.27 bits per heavy atom. The van der Waals surface area contributed by atoms with Crippen LogP contribution >= 0.6 is 11.3 Å². The Morgan fingerprint density at radius 2 is 2.12 bits per heavy atom. The van der Waals surface area contributed by atoms with Crippen molar-refractivity contribution < 1.29 is 9.53 Å². The minimum atomic E-state index is -0.0214. The SMILES string of the molecule is Cc1ccc(CN2CCCC(CNC(=O)COCc3ccccc3)C2)s1. The van der Waals surface area contributed by atoms with E-state index in [4.69, 9.17) is 4.74 Å². The monoisotopic (exact) mass is 372 g/mol. The zero-order chi connectivity index (χ0) is 18.2. The molecule has 0 radical (unpaired) electrons. The zero-order valence-electron chi connectivity index (χ0n) is 15.4. The molecule has 26 heavy (non-hydrogen) atoms. The van der Waals surface area contributed by atoms with Gasteiger partial charge in [0, 0.05) is 29.4 Å². The number of nitrogens with one attached hydrogen (secondary N) is 1. The van der Waals surface area contributed by atoms with Crippen LogP contribution in [0.1, 0.15) is 28.2 Å². The Hall–Kier alpha value is -1.69. The molecule has 2 aromatic rings. The highest BCUT2D eigenvalue weighted by molar-refractivity contribution is 7.11. The number of carbonyl (C=O) groups excluding carboxylic acids is 1. The Balaban J connectivity index is 1.33. The molecule has 1 atom stereocenters. The van der Waals surface area contributed by atoms with Crippen LogP contribution in [-0.2, 0) is 22.7 Å². The number of benzene rings is 1. The Bertz CT molecular complexity index is 686. The van der Waals surface area contributed by atoms with Crippen LogP contribution in [0.3, 0.4) is 0 Å². The third-order valence-corrected chi connectivity index (χ3v) is 5.70. The van der Waals surface area contributed by atoms with E-state index in [-0.39, 0.29) is 12.5 Å². The first-order valence-corrected chi connectivity index (χ1v) is 10.2. The number of hydrogen-bond donors (Lipinski definition) is 1. The molecule has 1 aliphatic rings. The number of likely N-dealkylation sites (tertiary alicyclic amines) is 1. The molecule has 1 amide bonds. The number of nitrogens with zero attached hydrogens (tertiary/aromatic N) is 1. The smallest absolute Gasteiger partial charge is 0.246 e. The lowest BCUT2D eigenvalue weighted by Gasteiger charge is -2.32. The summed E-state index contributed by atoms with van der Waals surface area (Å²) in [6, 6.07) is 14.4. The number of aryl methyl sites for hydroxylation is 1. The molecule has 1 N–H and O–H groups in total. The summed E-state index contributed by atoms with van der Waals surface area (Å²) >= 11 is 1.88. The van der Waals surface area contributed by atoms with Gasteiger partial charge in [-0.25, -0.2) is 0 Å². The summed E-state index contributed by atoms with van der Waals surface area (Å²) < 4.78 is 5.50. The van der Waals surface area contributed by atoms with Crippen LogP contribution in [0, 0.1) is 12.8 Å². The van der Waals surface area contributed by atoms with Crippen LogP contribution in [0.25, 0.3) is 0 Å². The molecule has 0 saturated carbocycles. The van der Waals surface area contributed by atoms with Crippen molar-refractivity contribution in [3.63, 3.8) is 0 Å². The van der Waals surface area contributed by atoms with E-state index >= 15 is 0 Å². The van der Waals surface area contributed by atoms with Gasteiger partial charge in [-0.05, 0) is 49.9 Å². The molecular formula is C21H28N2O2S. The van der Waals surface area contributed by atoms with Crippen molar-refractivity contribution >= 4 is 17.2 Å². The van der Waals surface area contributed by atoms with Crippen molar-refractivity contribution in [2.24, 2.45) is 5.92 Å². The fourth-order valence-corrected chi connectivity index (χ4v) is 4.33. The molecule has 2 heterocycles. The van der Waals surface area contributed by atoms with E-state index < -0.39 is 0 Å². The van der Waals surface area contributed by atoms with Gasteiger partial charge in [-0.2, -0.15) is 0 Å². The third kappa shape index (κ3) is 6.24. The lowest BCUT2D eigenvalue weighted by Crippen LogP contribution is -2.41. The van der Waals surface area contributed by atoms with Gasteiger partial charge in [0.25, 0.3) is 0 Å². The summed E-state index contributed by atoms with van der Waals surface area (Å²) in [5.41, 5.74) is 1.09. The number of hydrogen-bond acceptors (Lipinski definition) is 4. The largest absolute Gasteiger partial charge is 0.367 e. The van der Waals surface area contributed by atoms with Crippen molar-refractivity contribution in [3.8, 4) is 0 Å². The van der Waals surface area contributed by atoms with E-state index in [2.05, 4.69) is 29.3 Å². The van der Waals surface area contributed by atoms with Crippen LogP contribution in [-0.4, -0.2) is 37.0 Å². The first-order valence-electron chi connectivity index (χ1n) is 9.35. The molecule has 1 fully saturated rings. The first-order chi connectivity index (χ1) is 12.7. The summed E-state index contributed by atoms with van der Waals surface area (Å²) in [7, 11) is 0. The van der Waals surface area contributed by atoms with Gasteiger partial charge >= 0.3 is 0 Å². The molecular weight excluding hydrogens is 344 g/mol. The summed E-state index contributed by atoms with van der Waals surface area (Å²) in [6.45, 7) is 6.74. The Labute approximate surface area is 160 Å². The number of thiophene rings is 1. The zero-order valence-corrected chi connectivity index (χ0v) is 16.3. The van der Waals surface area contributed by atoms with Crippen LogP contribution in [0.2, 0.25) is 0 Å². The number of rotatable bonds is 8. The molecule has 0 bridgehead atoms. The van der Waals surface area contributed by atoms with E-state index in [0.29, 0.717) is 12.5 Å². The van der Waals surface area contributed by atoms with E-state index in [9.17, 15) is 4.79 Å².